The summed E-state index contributed by atoms with van der Waals surface area (Å²) in [6.07, 6.45) is 0. The first-order valence-corrected chi connectivity index (χ1v) is 9.54. The van der Waals surface area contributed by atoms with Crippen molar-refractivity contribution in [1.29, 1.82) is 0 Å². The zero-order valence-electron chi connectivity index (χ0n) is 13.9. The summed E-state index contributed by atoms with van der Waals surface area (Å²) in [4.78, 5) is 12.3. The molecule has 2 atom stereocenters. The summed E-state index contributed by atoms with van der Waals surface area (Å²) in [6.45, 7) is 3.69. The maximum Gasteiger partial charge on any atom is 0.241 e. The van der Waals surface area contributed by atoms with E-state index in [4.69, 9.17) is 16.7 Å². The van der Waals surface area contributed by atoms with Gasteiger partial charge in [-0.2, -0.15) is 0 Å². The van der Waals surface area contributed by atoms with Gasteiger partial charge in [-0.05, 0) is 55.8 Å². The van der Waals surface area contributed by atoms with E-state index in [-0.39, 0.29) is 16.8 Å². The molecule has 0 bridgehead atoms. The Labute approximate surface area is 152 Å². The number of benzene rings is 2. The third-order valence-electron chi connectivity index (χ3n) is 3.69. The number of sulfonamides is 1. The van der Waals surface area contributed by atoms with Crippen LogP contribution in [-0.2, 0) is 14.8 Å². The second-order valence-electron chi connectivity index (χ2n) is 5.72. The van der Waals surface area contributed by atoms with Crippen molar-refractivity contribution in [1.82, 2.24) is 5.32 Å². The maximum atomic E-state index is 12.3. The van der Waals surface area contributed by atoms with Gasteiger partial charge in [0.25, 0.3) is 0 Å². The molecule has 0 radical (unpaired) electrons. The van der Waals surface area contributed by atoms with Crippen LogP contribution in [-0.4, -0.2) is 20.4 Å². The Balaban J connectivity index is 1.98. The van der Waals surface area contributed by atoms with Crippen molar-refractivity contribution < 1.29 is 13.2 Å². The largest absolute Gasteiger partial charge is 0.325 e. The van der Waals surface area contributed by atoms with Crippen LogP contribution < -0.4 is 15.8 Å². The van der Waals surface area contributed by atoms with Gasteiger partial charge < -0.3 is 5.32 Å². The number of anilines is 1. The number of halogens is 1. The minimum absolute atomic E-state index is 0.00810. The topological polar surface area (TPSA) is 101 Å². The fraction of sp³-hybridized carbons (Fsp3) is 0.235. The fourth-order valence-electron chi connectivity index (χ4n) is 2.30. The molecule has 25 heavy (non-hydrogen) atoms. The van der Waals surface area contributed by atoms with E-state index in [1.54, 1.807) is 13.0 Å². The molecular formula is C17H20ClN3O3S. The van der Waals surface area contributed by atoms with Crippen LogP contribution in [0.2, 0.25) is 5.02 Å². The van der Waals surface area contributed by atoms with Crippen molar-refractivity contribution in [3.05, 3.63) is 59.1 Å². The highest BCUT2D eigenvalue weighted by molar-refractivity contribution is 7.89. The lowest BCUT2D eigenvalue weighted by Gasteiger charge is -2.20. The van der Waals surface area contributed by atoms with Crippen LogP contribution in [0.1, 0.15) is 25.5 Å². The number of hydrogen-bond acceptors (Lipinski definition) is 4. The number of carbonyl (C=O) groups is 1. The van der Waals surface area contributed by atoms with Crippen molar-refractivity contribution in [2.75, 3.05) is 5.32 Å². The third kappa shape index (κ3) is 5.54. The predicted octanol–water partition coefficient (Wildman–Crippen LogP) is 2.67. The molecule has 0 aliphatic carbocycles. The quantitative estimate of drug-likeness (QED) is 0.715. The van der Waals surface area contributed by atoms with Crippen molar-refractivity contribution in [3.8, 4) is 0 Å². The van der Waals surface area contributed by atoms with Gasteiger partial charge in [0.2, 0.25) is 15.9 Å². The number of nitrogens with two attached hydrogens (primary N) is 1. The molecule has 2 aromatic rings. The van der Waals surface area contributed by atoms with E-state index in [2.05, 4.69) is 10.6 Å². The Morgan fingerprint density at radius 1 is 1.12 bits per heavy atom. The number of amides is 1. The normalized spacial score (nSPS) is 13.9. The van der Waals surface area contributed by atoms with Gasteiger partial charge in [-0.15, -0.1) is 0 Å². The predicted molar refractivity (Wildman–Crippen MR) is 98.9 cm³/mol. The Morgan fingerprint density at radius 3 is 2.32 bits per heavy atom. The lowest BCUT2D eigenvalue weighted by atomic mass is 10.1. The first kappa shape index (κ1) is 19.4. The molecule has 0 aliphatic heterocycles. The van der Waals surface area contributed by atoms with Gasteiger partial charge in [-0.3, -0.25) is 10.1 Å². The molecule has 0 unspecified atom stereocenters. The molecule has 0 aromatic heterocycles. The first-order chi connectivity index (χ1) is 11.7. The number of nitrogens with one attached hydrogen (secondary N) is 2. The van der Waals surface area contributed by atoms with Crippen LogP contribution in [0.15, 0.2) is 53.4 Å². The highest BCUT2D eigenvalue weighted by Crippen LogP contribution is 2.18. The van der Waals surface area contributed by atoms with Crippen molar-refractivity contribution in [3.63, 3.8) is 0 Å². The van der Waals surface area contributed by atoms with E-state index >= 15 is 0 Å². The number of hydrogen-bond donors (Lipinski definition) is 3. The van der Waals surface area contributed by atoms with Gasteiger partial charge in [0.15, 0.2) is 0 Å². The smallest absolute Gasteiger partial charge is 0.241 e. The third-order valence-corrected chi connectivity index (χ3v) is 4.86. The molecule has 0 spiro atoms. The van der Waals surface area contributed by atoms with E-state index in [0.717, 1.165) is 5.56 Å². The van der Waals surface area contributed by atoms with Gasteiger partial charge >= 0.3 is 0 Å². The van der Waals surface area contributed by atoms with Gasteiger partial charge in [0.1, 0.15) is 0 Å². The summed E-state index contributed by atoms with van der Waals surface area (Å²) >= 11 is 5.98. The minimum Gasteiger partial charge on any atom is -0.325 e. The van der Waals surface area contributed by atoms with Crippen molar-refractivity contribution in [2.24, 2.45) is 5.14 Å². The zero-order valence-corrected chi connectivity index (χ0v) is 15.4. The van der Waals surface area contributed by atoms with Crippen molar-refractivity contribution in [2.45, 2.75) is 30.8 Å². The van der Waals surface area contributed by atoms with E-state index in [0.29, 0.717) is 10.7 Å². The molecule has 4 N–H and O–H groups in total. The van der Waals surface area contributed by atoms with Gasteiger partial charge in [0, 0.05) is 16.8 Å². The molecule has 0 heterocycles. The van der Waals surface area contributed by atoms with Crippen molar-refractivity contribution >= 4 is 33.2 Å². The maximum absolute atomic E-state index is 12.3. The lowest BCUT2D eigenvalue weighted by molar-refractivity contribution is -0.117. The second-order valence-corrected chi connectivity index (χ2v) is 7.72. The Bertz CT molecular complexity index is 854. The van der Waals surface area contributed by atoms with Crippen LogP contribution in [0.3, 0.4) is 0 Å². The first-order valence-electron chi connectivity index (χ1n) is 7.62. The minimum atomic E-state index is -3.75. The fourth-order valence-corrected chi connectivity index (χ4v) is 3.02. The molecule has 2 rings (SSSR count). The SMILES string of the molecule is C[C@@H](N[C@H](C)c1cccc(Cl)c1)C(=O)Nc1ccc(S(N)(=O)=O)cc1. The summed E-state index contributed by atoms with van der Waals surface area (Å²) in [5.74, 6) is -0.239. The standard InChI is InChI=1S/C17H20ClN3O3S/c1-11(13-4-3-5-14(18)10-13)20-12(2)17(22)21-15-6-8-16(9-7-15)25(19,23)24/h3-12,20H,1-2H3,(H,21,22)(H2,19,23,24)/t11-,12-/m1/s1. The average molecular weight is 382 g/mol. The summed E-state index contributed by atoms with van der Waals surface area (Å²) < 4.78 is 22.5. The van der Waals surface area contributed by atoms with Crippen LogP contribution in [0.5, 0.6) is 0 Å². The summed E-state index contributed by atoms with van der Waals surface area (Å²) in [6, 6.07) is 12.6. The van der Waals surface area contributed by atoms with E-state index in [1.165, 1.54) is 24.3 Å². The molecule has 6 nitrogen and oxygen atoms in total. The summed E-state index contributed by atoms with van der Waals surface area (Å²) in [5, 5.41) is 11.6. The van der Waals surface area contributed by atoms with E-state index in [9.17, 15) is 13.2 Å². The van der Waals surface area contributed by atoms with Gasteiger partial charge in [-0.1, -0.05) is 23.7 Å². The number of rotatable bonds is 6. The Kier molecular flexibility index (Phi) is 6.18. The molecule has 1 amide bonds. The lowest BCUT2D eigenvalue weighted by Crippen LogP contribution is -2.39. The monoisotopic (exact) mass is 381 g/mol. The molecule has 0 fully saturated rings. The van der Waals surface area contributed by atoms with Crippen LogP contribution in [0, 0.1) is 0 Å². The average Bonchev–Trinajstić information content (AvgIpc) is 2.54. The Morgan fingerprint density at radius 2 is 1.76 bits per heavy atom. The highest BCUT2D eigenvalue weighted by atomic mass is 35.5. The number of carbonyl (C=O) groups excluding carboxylic acids is 1. The highest BCUT2D eigenvalue weighted by Gasteiger charge is 2.17. The molecule has 0 saturated heterocycles. The summed E-state index contributed by atoms with van der Waals surface area (Å²) in [7, 11) is -3.75. The molecule has 0 aliphatic rings. The molecule has 8 heteroatoms. The molecule has 0 saturated carbocycles. The van der Waals surface area contributed by atoms with E-state index < -0.39 is 16.1 Å². The molecule has 2 aromatic carbocycles. The van der Waals surface area contributed by atoms with Gasteiger partial charge in [-0.25, -0.2) is 13.6 Å². The molecular weight excluding hydrogens is 362 g/mol. The van der Waals surface area contributed by atoms with Crippen LogP contribution >= 0.6 is 11.6 Å². The van der Waals surface area contributed by atoms with Gasteiger partial charge in [0.05, 0.1) is 10.9 Å². The zero-order chi connectivity index (χ0) is 18.6. The number of primary sulfonamides is 1. The van der Waals surface area contributed by atoms with E-state index in [1.807, 2.05) is 25.1 Å². The molecule has 134 valence electrons. The van der Waals surface area contributed by atoms with Crippen LogP contribution in [0.4, 0.5) is 5.69 Å². The van der Waals surface area contributed by atoms with Crippen LogP contribution in [0.25, 0.3) is 0 Å². The Hall–Kier alpha value is -1.93. The summed E-state index contributed by atoms with van der Waals surface area (Å²) in [5.41, 5.74) is 1.46. The second kappa shape index (κ2) is 7.97.